The van der Waals surface area contributed by atoms with E-state index in [0.717, 1.165) is 35.6 Å². The third-order valence-electron chi connectivity index (χ3n) is 8.02. The van der Waals surface area contributed by atoms with Crippen molar-refractivity contribution in [2.45, 2.75) is 51.0 Å². The first-order valence-electron chi connectivity index (χ1n) is 10.8. The molecule has 5 atom stereocenters. The molecule has 0 aromatic heterocycles. The van der Waals surface area contributed by atoms with Gasteiger partial charge in [-0.2, -0.15) is 0 Å². The van der Waals surface area contributed by atoms with Crippen LogP contribution in [0, 0.1) is 17.3 Å². The lowest BCUT2D eigenvalue weighted by atomic mass is 9.55. The van der Waals surface area contributed by atoms with Gasteiger partial charge in [-0.25, -0.2) is 0 Å². The van der Waals surface area contributed by atoms with Crippen molar-refractivity contribution >= 4 is 17.7 Å². The first kappa shape index (κ1) is 19.2. The summed E-state index contributed by atoms with van der Waals surface area (Å²) in [5, 5.41) is 12.1. The predicted octanol–water partition coefficient (Wildman–Crippen LogP) is 6.26. The number of ether oxygens (including phenoxy) is 1. The minimum Gasteiger partial charge on any atom is -0.497 e. The Morgan fingerprint density at radius 2 is 1.93 bits per heavy atom. The van der Waals surface area contributed by atoms with Crippen LogP contribution in [0.2, 0.25) is 5.02 Å². The minimum absolute atomic E-state index is 0.0105. The van der Waals surface area contributed by atoms with Crippen LogP contribution in [0.4, 0.5) is 0 Å². The molecular weight excluding hydrogens is 380 g/mol. The lowest BCUT2D eigenvalue weighted by Gasteiger charge is -2.49. The van der Waals surface area contributed by atoms with E-state index in [1.807, 2.05) is 24.3 Å². The average molecular weight is 409 g/mol. The van der Waals surface area contributed by atoms with Crippen LogP contribution in [-0.4, -0.2) is 18.3 Å². The second-order valence-corrected chi connectivity index (χ2v) is 9.84. The van der Waals surface area contributed by atoms with Crippen LogP contribution < -0.4 is 4.74 Å². The standard InChI is InChI=1S/C26H29ClO2/c1-26-12-11-22-21-10-8-20(29-2)14-17(21)5-9-23(22)24(26)15-18(25(26)28)13-16-3-6-19(27)7-4-16/h3-4,6-8,10,13-14,22-25,28H,5,9,11-12,15H2,1-2H3/b18-13+/t22-,23-,24+,25-,26+/m1/s1. The molecule has 3 aliphatic carbocycles. The van der Waals surface area contributed by atoms with Crippen LogP contribution >= 0.6 is 11.6 Å². The number of rotatable bonds is 2. The van der Waals surface area contributed by atoms with Crippen molar-refractivity contribution in [2.24, 2.45) is 17.3 Å². The molecule has 3 heteroatoms. The van der Waals surface area contributed by atoms with Gasteiger partial charge < -0.3 is 9.84 Å². The van der Waals surface area contributed by atoms with Gasteiger partial charge in [0.05, 0.1) is 13.2 Å². The summed E-state index contributed by atoms with van der Waals surface area (Å²) in [6, 6.07) is 14.6. The van der Waals surface area contributed by atoms with E-state index in [1.165, 1.54) is 29.5 Å². The Kier molecular flexibility index (Phi) is 4.75. The first-order valence-corrected chi connectivity index (χ1v) is 11.2. The summed E-state index contributed by atoms with van der Waals surface area (Å²) >= 11 is 6.04. The Balaban J connectivity index is 1.46. The maximum atomic E-state index is 11.3. The Morgan fingerprint density at radius 1 is 1.14 bits per heavy atom. The Hall–Kier alpha value is -1.77. The number of hydrogen-bond donors (Lipinski definition) is 1. The second-order valence-electron chi connectivity index (χ2n) is 9.40. The van der Waals surface area contributed by atoms with Crippen molar-refractivity contribution in [2.75, 3.05) is 7.11 Å². The monoisotopic (exact) mass is 408 g/mol. The van der Waals surface area contributed by atoms with Crippen molar-refractivity contribution in [1.29, 1.82) is 0 Å². The molecular formula is C26H29ClO2. The van der Waals surface area contributed by atoms with E-state index >= 15 is 0 Å². The first-order chi connectivity index (χ1) is 14.0. The summed E-state index contributed by atoms with van der Waals surface area (Å²) in [4.78, 5) is 0. The molecule has 1 N–H and O–H groups in total. The molecule has 5 rings (SSSR count). The van der Waals surface area contributed by atoms with Crippen LogP contribution in [0.1, 0.15) is 55.2 Å². The zero-order chi connectivity index (χ0) is 20.2. The molecule has 2 saturated carbocycles. The van der Waals surface area contributed by atoms with Gasteiger partial charge in [0.1, 0.15) is 5.75 Å². The molecule has 0 heterocycles. The van der Waals surface area contributed by atoms with E-state index < -0.39 is 0 Å². The van der Waals surface area contributed by atoms with Gasteiger partial charge in [0.25, 0.3) is 0 Å². The maximum absolute atomic E-state index is 11.3. The van der Waals surface area contributed by atoms with Gasteiger partial charge in [0, 0.05) is 10.4 Å². The van der Waals surface area contributed by atoms with Gasteiger partial charge in [-0.05, 0) is 96.4 Å². The van der Waals surface area contributed by atoms with E-state index in [1.54, 1.807) is 7.11 Å². The predicted molar refractivity (Wildman–Crippen MR) is 118 cm³/mol. The molecule has 2 fully saturated rings. The minimum atomic E-state index is -0.346. The molecule has 3 aliphatic rings. The van der Waals surface area contributed by atoms with E-state index in [0.29, 0.717) is 17.8 Å². The lowest BCUT2D eigenvalue weighted by molar-refractivity contribution is -0.0158. The van der Waals surface area contributed by atoms with Crippen LogP contribution in [0.15, 0.2) is 48.0 Å². The summed E-state index contributed by atoms with van der Waals surface area (Å²) in [5.74, 6) is 2.78. The van der Waals surface area contributed by atoms with E-state index in [2.05, 4.69) is 31.2 Å². The van der Waals surface area contributed by atoms with Gasteiger partial charge in [0.2, 0.25) is 0 Å². The molecule has 2 aromatic carbocycles. The van der Waals surface area contributed by atoms with Gasteiger partial charge in [-0.3, -0.25) is 0 Å². The normalized spacial score (nSPS) is 34.4. The van der Waals surface area contributed by atoms with Gasteiger partial charge in [-0.1, -0.05) is 42.8 Å². The highest BCUT2D eigenvalue weighted by molar-refractivity contribution is 6.30. The van der Waals surface area contributed by atoms with Crippen LogP contribution in [0.25, 0.3) is 6.08 Å². The number of methoxy groups -OCH3 is 1. The molecule has 0 spiro atoms. The maximum Gasteiger partial charge on any atom is 0.119 e. The number of hydrogen-bond acceptors (Lipinski definition) is 2. The van der Waals surface area contributed by atoms with Gasteiger partial charge in [0.15, 0.2) is 0 Å². The summed E-state index contributed by atoms with van der Waals surface area (Å²) < 4.78 is 5.44. The third kappa shape index (κ3) is 3.12. The molecule has 0 bridgehead atoms. The topological polar surface area (TPSA) is 29.5 Å². The SMILES string of the molecule is COc1ccc2c(c1)CC[C@@H]1[C@@H]2CC[C@]2(C)[C@H](O)/C(=C/c3ccc(Cl)cc3)C[C@@H]12. The Labute approximate surface area is 178 Å². The highest BCUT2D eigenvalue weighted by Gasteiger charge is 2.56. The fraction of sp³-hybridized carbons (Fsp3) is 0.462. The molecule has 0 unspecified atom stereocenters. The van der Waals surface area contributed by atoms with Gasteiger partial charge >= 0.3 is 0 Å². The van der Waals surface area contributed by atoms with Crippen molar-refractivity contribution in [3.8, 4) is 5.75 Å². The zero-order valence-corrected chi connectivity index (χ0v) is 18.0. The van der Waals surface area contributed by atoms with Crippen molar-refractivity contribution < 1.29 is 9.84 Å². The highest BCUT2D eigenvalue weighted by atomic mass is 35.5. The van der Waals surface area contributed by atoms with Crippen LogP contribution in [0.5, 0.6) is 5.75 Å². The summed E-state index contributed by atoms with van der Waals surface area (Å²) in [7, 11) is 1.74. The van der Waals surface area contributed by atoms with E-state index in [9.17, 15) is 5.11 Å². The van der Waals surface area contributed by atoms with E-state index in [4.69, 9.17) is 16.3 Å². The molecule has 0 aliphatic heterocycles. The fourth-order valence-corrected chi connectivity index (χ4v) is 6.58. The molecule has 2 nitrogen and oxygen atoms in total. The fourth-order valence-electron chi connectivity index (χ4n) is 6.46. The Bertz CT molecular complexity index is 948. The lowest BCUT2D eigenvalue weighted by Crippen LogP contribution is -2.44. The molecule has 152 valence electrons. The molecule has 0 amide bonds. The molecule has 0 radical (unpaired) electrons. The van der Waals surface area contributed by atoms with Crippen LogP contribution in [-0.2, 0) is 6.42 Å². The number of fused-ring (bicyclic) bond motifs is 5. The van der Waals surface area contributed by atoms with Crippen LogP contribution in [0.3, 0.4) is 0 Å². The molecule has 2 aromatic rings. The second kappa shape index (κ2) is 7.18. The van der Waals surface area contributed by atoms with Crippen molar-refractivity contribution in [1.82, 2.24) is 0 Å². The zero-order valence-electron chi connectivity index (χ0n) is 17.2. The van der Waals surface area contributed by atoms with Gasteiger partial charge in [-0.15, -0.1) is 0 Å². The van der Waals surface area contributed by atoms with Crippen molar-refractivity contribution in [3.63, 3.8) is 0 Å². The number of aryl methyl sites for hydroxylation is 1. The quantitative estimate of drug-likeness (QED) is 0.635. The van der Waals surface area contributed by atoms with E-state index in [-0.39, 0.29) is 11.5 Å². The highest BCUT2D eigenvalue weighted by Crippen LogP contribution is 2.62. The number of aliphatic hydroxyl groups is 1. The number of benzene rings is 2. The van der Waals surface area contributed by atoms with Crippen molar-refractivity contribution in [3.05, 3.63) is 69.8 Å². The number of halogens is 1. The molecule has 29 heavy (non-hydrogen) atoms. The summed E-state index contributed by atoms with van der Waals surface area (Å²) in [6.45, 7) is 2.32. The largest absolute Gasteiger partial charge is 0.497 e. The summed E-state index contributed by atoms with van der Waals surface area (Å²) in [5.41, 5.74) is 5.30. The molecule has 0 saturated heterocycles. The average Bonchev–Trinajstić information content (AvgIpc) is 2.99. The smallest absolute Gasteiger partial charge is 0.119 e. The Morgan fingerprint density at radius 3 is 2.69 bits per heavy atom. The third-order valence-corrected chi connectivity index (χ3v) is 8.28. The number of aliphatic hydroxyl groups excluding tert-OH is 1. The summed E-state index contributed by atoms with van der Waals surface area (Å²) in [6.07, 6.45) is 7.44.